The number of carbonyl (C=O) groups is 3. The Morgan fingerprint density at radius 1 is 1.41 bits per heavy atom. The second kappa shape index (κ2) is 7.47. The van der Waals surface area contributed by atoms with Gasteiger partial charge in [-0.3, -0.25) is 9.59 Å². The number of esters is 1. The molecule has 1 fully saturated rings. The molecule has 1 aliphatic rings. The maximum atomic E-state index is 12.2. The minimum absolute atomic E-state index is 0.00139. The number of rotatable bonds is 7. The Bertz CT molecular complexity index is 432. The molecule has 0 spiro atoms. The highest BCUT2D eigenvalue weighted by atomic mass is 16.8. The highest BCUT2D eigenvalue weighted by molar-refractivity contribution is 5.81. The molecular weight excluding hydrogens is 290 g/mol. The molecule has 0 radical (unpaired) electrons. The number of cyclic esters (lactones) is 2. The average molecular weight is 315 g/mol. The van der Waals surface area contributed by atoms with E-state index in [4.69, 9.17) is 9.47 Å². The number of ether oxygens (including phenoxy) is 3. The summed E-state index contributed by atoms with van der Waals surface area (Å²) in [6.07, 6.45) is -0.247. The van der Waals surface area contributed by atoms with Crippen molar-refractivity contribution in [3.05, 3.63) is 0 Å². The molecule has 126 valence electrons. The fraction of sp³-hybridized carbons (Fsp3) is 0.800. The van der Waals surface area contributed by atoms with E-state index in [9.17, 15) is 14.4 Å². The molecule has 2 atom stereocenters. The summed E-state index contributed by atoms with van der Waals surface area (Å²) in [5.41, 5.74) is -0.796. The van der Waals surface area contributed by atoms with Gasteiger partial charge in [0, 0.05) is 20.0 Å². The van der Waals surface area contributed by atoms with Crippen molar-refractivity contribution in [1.82, 2.24) is 4.90 Å². The van der Waals surface area contributed by atoms with Crippen molar-refractivity contribution in [2.45, 2.75) is 39.7 Å². The van der Waals surface area contributed by atoms with Crippen LogP contribution in [0.15, 0.2) is 0 Å². The quantitative estimate of drug-likeness (QED) is 0.664. The Morgan fingerprint density at radius 3 is 2.50 bits per heavy atom. The SMILES string of the molecule is CCC(CC(C)(C)C(=O)OCC1COC(=O)O1)C(=O)N(C)C. The van der Waals surface area contributed by atoms with Crippen LogP contribution in [0.3, 0.4) is 0 Å². The Kier molecular flexibility index (Phi) is 6.20. The van der Waals surface area contributed by atoms with Gasteiger partial charge >= 0.3 is 12.1 Å². The van der Waals surface area contributed by atoms with Crippen molar-refractivity contribution in [3.8, 4) is 0 Å². The maximum absolute atomic E-state index is 12.2. The predicted molar refractivity (Wildman–Crippen MR) is 78.1 cm³/mol. The van der Waals surface area contributed by atoms with Gasteiger partial charge in [-0.05, 0) is 26.7 Å². The molecule has 0 aromatic heterocycles. The molecule has 22 heavy (non-hydrogen) atoms. The summed E-state index contributed by atoms with van der Waals surface area (Å²) in [6, 6.07) is 0. The molecule has 1 rings (SSSR count). The smallest absolute Gasteiger partial charge is 0.461 e. The topological polar surface area (TPSA) is 82.1 Å². The molecule has 0 saturated carbocycles. The van der Waals surface area contributed by atoms with E-state index in [2.05, 4.69) is 4.74 Å². The van der Waals surface area contributed by atoms with E-state index < -0.39 is 23.6 Å². The van der Waals surface area contributed by atoms with Crippen molar-refractivity contribution in [3.63, 3.8) is 0 Å². The van der Waals surface area contributed by atoms with Crippen molar-refractivity contribution in [1.29, 1.82) is 0 Å². The minimum atomic E-state index is -0.796. The molecule has 1 amide bonds. The summed E-state index contributed by atoms with van der Waals surface area (Å²) < 4.78 is 14.6. The highest BCUT2D eigenvalue weighted by Gasteiger charge is 2.36. The van der Waals surface area contributed by atoms with Gasteiger partial charge in [0.05, 0.1) is 5.41 Å². The molecule has 0 bridgehead atoms. The van der Waals surface area contributed by atoms with E-state index in [-0.39, 0.29) is 25.0 Å². The van der Waals surface area contributed by atoms with Crippen LogP contribution in [0.1, 0.15) is 33.6 Å². The zero-order chi connectivity index (χ0) is 16.9. The first-order valence-electron chi connectivity index (χ1n) is 7.39. The summed E-state index contributed by atoms with van der Waals surface area (Å²) in [7, 11) is 3.40. The van der Waals surface area contributed by atoms with E-state index >= 15 is 0 Å². The summed E-state index contributed by atoms with van der Waals surface area (Å²) in [5.74, 6) is -0.646. The summed E-state index contributed by atoms with van der Waals surface area (Å²) in [6.45, 7) is 5.47. The molecule has 0 aliphatic carbocycles. The van der Waals surface area contributed by atoms with Crippen LogP contribution in [0.2, 0.25) is 0 Å². The number of amides is 1. The van der Waals surface area contributed by atoms with Crippen LogP contribution in [0.5, 0.6) is 0 Å². The molecule has 1 aliphatic heterocycles. The van der Waals surface area contributed by atoms with Crippen molar-refractivity contribution in [2.24, 2.45) is 11.3 Å². The van der Waals surface area contributed by atoms with Gasteiger partial charge in [-0.2, -0.15) is 0 Å². The zero-order valence-electron chi connectivity index (χ0n) is 13.9. The molecule has 0 aromatic carbocycles. The molecular formula is C15H25NO6. The van der Waals surface area contributed by atoms with Gasteiger partial charge < -0.3 is 19.1 Å². The number of nitrogens with zero attached hydrogens (tertiary/aromatic N) is 1. The maximum Gasteiger partial charge on any atom is 0.508 e. The lowest BCUT2D eigenvalue weighted by molar-refractivity contribution is -0.158. The largest absolute Gasteiger partial charge is 0.508 e. The third-order valence-electron chi connectivity index (χ3n) is 3.64. The average Bonchev–Trinajstić information content (AvgIpc) is 2.86. The molecule has 7 heteroatoms. The Labute approximate surface area is 130 Å². The Morgan fingerprint density at radius 2 is 2.05 bits per heavy atom. The van der Waals surface area contributed by atoms with Crippen LogP contribution in [-0.4, -0.2) is 56.3 Å². The molecule has 0 N–H and O–H groups in total. The second-order valence-corrected chi connectivity index (χ2v) is 6.33. The van der Waals surface area contributed by atoms with Gasteiger partial charge in [0.2, 0.25) is 5.91 Å². The van der Waals surface area contributed by atoms with Gasteiger partial charge in [-0.25, -0.2) is 4.79 Å². The van der Waals surface area contributed by atoms with Gasteiger partial charge in [0.25, 0.3) is 0 Å². The highest BCUT2D eigenvalue weighted by Crippen LogP contribution is 2.29. The summed E-state index contributed by atoms with van der Waals surface area (Å²) in [4.78, 5) is 36.6. The predicted octanol–water partition coefficient (Wildman–Crippen LogP) is 1.60. The number of carbonyl (C=O) groups excluding carboxylic acids is 3. The van der Waals surface area contributed by atoms with E-state index in [1.54, 1.807) is 27.9 Å². The minimum Gasteiger partial charge on any atom is -0.461 e. The van der Waals surface area contributed by atoms with Crippen LogP contribution >= 0.6 is 0 Å². The Balaban J connectivity index is 2.54. The lowest BCUT2D eigenvalue weighted by atomic mass is 9.81. The third kappa shape index (κ3) is 4.89. The molecule has 1 saturated heterocycles. The molecule has 0 aromatic rings. The summed E-state index contributed by atoms with van der Waals surface area (Å²) >= 11 is 0. The first kappa shape index (κ1) is 18.3. The standard InChI is InChI=1S/C15H25NO6/c1-6-10(12(17)16(4)5)7-15(2,3)13(18)20-8-11-9-21-14(19)22-11/h10-11H,6-9H2,1-5H3. The van der Waals surface area contributed by atoms with Gasteiger partial charge in [-0.15, -0.1) is 0 Å². The van der Waals surface area contributed by atoms with Crippen LogP contribution in [0, 0.1) is 11.3 Å². The van der Waals surface area contributed by atoms with Gasteiger partial charge in [-0.1, -0.05) is 6.92 Å². The molecule has 1 heterocycles. The van der Waals surface area contributed by atoms with Crippen molar-refractivity contribution < 1.29 is 28.6 Å². The van der Waals surface area contributed by atoms with Crippen LogP contribution < -0.4 is 0 Å². The fourth-order valence-corrected chi connectivity index (χ4v) is 2.28. The van der Waals surface area contributed by atoms with Crippen LogP contribution in [-0.2, 0) is 23.8 Å². The van der Waals surface area contributed by atoms with E-state index in [1.165, 1.54) is 4.90 Å². The second-order valence-electron chi connectivity index (χ2n) is 6.33. The summed E-state index contributed by atoms with van der Waals surface area (Å²) in [5, 5.41) is 0. The molecule has 7 nitrogen and oxygen atoms in total. The lowest BCUT2D eigenvalue weighted by Crippen LogP contribution is -2.37. The van der Waals surface area contributed by atoms with Gasteiger partial charge in [0.1, 0.15) is 13.2 Å². The lowest BCUT2D eigenvalue weighted by Gasteiger charge is -2.28. The number of hydrogen-bond donors (Lipinski definition) is 0. The van der Waals surface area contributed by atoms with E-state index in [0.717, 1.165) is 0 Å². The zero-order valence-corrected chi connectivity index (χ0v) is 13.9. The normalized spacial score (nSPS) is 19.1. The van der Waals surface area contributed by atoms with Crippen molar-refractivity contribution >= 4 is 18.0 Å². The molecule has 2 unspecified atom stereocenters. The van der Waals surface area contributed by atoms with Crippen LogP contribution in [0.25, 0.3) is 0 Å². The Hall–Kier alpha value is -1.79. The third-order valence-corrected chi connectivity index (χ3v) is 3.64. The first-order valence-corrected chi connectivity index (χ1v) is 7.39. The van der Waals surface area contributed by atoms with Crippen molar-refractivity contribution in [2.75, 3.05) is 27.3 Å². The first-order chi connectivity index (χ1) is 10.2. The van der Waals surface area contributed by atoms with E-state index in [0.29, 0.717) is 12.8 Å². The van der Waals surface area contributed by atoms with E-state index in [1.807, 2.05) is 6.92 Å². The number of hydrogen-bond acceptors (Lipinski definition) is 6. The monoisotopic (exact) mass is 315 g/mol. The van der Waals surface area contributed by atoms with Gasteiger partial charge in [0.15, 0.2) is 6.10 Å². The fourth-order valence-electron chi connectivity index (χ4n) is 2.28. The van der Waals surface area contributed by atoms with Crippen LogP contribution in [0.4, 0.5) is 4.79 Å².